The number of aryl methyl sites for hydroxylation is 1. The Morgan fingerprint density at radius 3 is 2.25 bits per heavy atom. The summed E-state index contributed by atoms with van der Waals surface area (Å²) in [4.78, 5) is 0.327. The standard InChI is InChI=1S/C23H26N2O2S/c1-17-10-14-21(15-11-17)28(26,27)25-23-9-5-4-8-22(23)24-20-13-12-18-6-2-3-7-19(18)16-20/h2-3,6-7,10-16,22-25H,4-5,8-9H2,1H3/t22-,23-/m1/s1. The van der Waals surface area contributed by atoms with Crippen LogP contribution >= 0.6 is 0 Å². The lowest BCUT2D eigenvalue weighted by molar-refractivity contribution is 0.378. The van der Waals surface area contributed by atoms with Crippen LogP contribution in [-0.4, -0.2) is 20.5 Å². The zero-order valence-electron chi connectivity index (χ0n) is 16.1. The molecule has 1 aliphatic carbocycles. The molecule has 28 heavy (non-hydrogen) atoms. The fourth-order valence-corrected chi connectivity index (χ4v) is 5.23. The Morgan fingerprint density at radius 1 is 0.821 bits per heavy atom. The van der Waals surface area contributed by atoms with Gasteiger partial charge in [0.05, 0.1) is 4.90 Å². The number of sulfonamides is 1. The van der Waals surface area contributed by atoms with Crippen molar-refractivity contribution in [2.75, 3.05) is 5.32 Å². The SMILES string of the molecule is Cc1ccc(S(=O)(=O)N[C@@H]2CCCC[C@H]2Nc2ccc3ccccc3c2)cc1. The molecule has 5 heteroatoms. The minimum Gasteiger partial charge on any atom is -0.381 e. The van der Waals surface area contributed by atoms with Crippen LogP contribution in [0.25, 0.3) is 10.8 Å². The van der Waals surface area contributed by atoms with E-state index in [1.807, 2.05) is 31.2 Å². The quantitative estimate of drug-likeness (QED) is 0.650. The summed E-state index contributed by atoms with van der Waals surface area (Å²) in [5, 5.41) is 5.96. The van der Waals surface area contributed by atoms with Gasteiger partial charge >= 0.3 is 0 Å². The number of fused-ring (bicyclic) bond motifs is 1. The lowest BCUT2D eigenvalue weighted by Crippen LogP contribution is -2.48. The predicted octanol–water partition coefficient (Wildman–Crippen LogP) is 4.85. The first-order valence-electron chi connectivity index (χ1n) is 9.86. The normalized spacial score (nSPS) is 20.2. The summed E-state index contributed by atoms with van der Waals surface area (Å²) in [6, 6.07) is 21.5. The minimum absolute atomic E-state index is 0.0788. The third-order valence-corrected chi connectivity index (χ3v) is 7.01. The maximum atomic E-state index is 12.8. The molecule has 3 aromatic rings. The highest BCUT2D eigenvalue weighted by Gasteiger charge is 2.29. The topological polar surface area (TPSA) is 58.2 Å². The average molecular weight is 395 g/mol. The van der Waals surface area contributed by atoms with Crippen LogP contribution in [0.5, 0.6) is 0 Å². The van der Waals surface area contributed by atoms with Crippen LogP contribution in [-0.2, 0) is 10.0 Å². The summed E-state index contributed by atoms with van der Waals surface area (Å²) in [7, 11) is -3.53. The van der Waals surface area contributed by atoms with Gasteiger partial charge in [-0.1, -0.05) is 60.9 Å². The molecule has 0 radical (unpaired) electrons. The minimum atomic E-state index is -3.53. The molecule has 3 aromatic carbocycles. The van der Waals surface area contributed by atoms with Gasteiger partial charge in [0.25, 0.3) is 0 Å². The Morgan fingerprint density at radius 2 is 1.50 bits per heavy atom. The molecule has 1 aliphatic rings. The summed E-state index contributed by atoms with van der Waals surface area (Å²) >= 11 is 0. The van der Waals surface area contributed by atoms with Gasteiger partial charge in [-0.25, -0.2) is 13.1 Å². The monoisotopic (exact) mass is 394 g/mol. The lowest BCUT2D eigenvalue weighted by atomic mass is 9.91. The highest BCUT2D eigenvalue weighted by Crippen LogP contribution is 2.26. The molecule has 0 heterocycles. The molecule has 1 fully saturated rings. The van der Waals surface area contributed by atoms with Crippen LogP contribution in [0.3, 0.4) is 0 Å². The molecule has 146 valence electrons. The lowest BCUT2D eigenvalue weighted by Gasteiger charge is -2.33. The first-order chi connectivity index (χ1) is 13.5. The molecule has 1 saturated carbocycles. The number of rotatable bonds is 5. The number of benzene rings is 3. The van der Waals surface area contributed by atoms with E-state index in [0.717, 1.165) is 36.9 Å². The highest BCUT2D eigenvalue weighted by atomic mass is 32.2. The average Bonchev–Trinajstić information content (AvgIpc) is 2.69. The van der Waals surface area contributed by atoms with Crippen LogP contribution < -0.4 is 10.0 Å². The van der Waals surface area contributed by atoms with Crippen molar-refractivity contribution < 1.29 is 8.42 Å². The van der Waals surface area contributed by atoms with Gasteiger partial charge in [-0.15, -0.1) is 0 Å². The van der Waals surface area contributed by atoms with E-state index in [1.165, 1.54) is 10.8 Å². The molecule has 2 atom stereocenters. The van der Waals surface area contributed by atoms with Gasteiger partial charge in [0.2, 0.25) is 10.0 Å². The molecule has 0 aliphatic heterocycles. The van der Waals surface area contributed by atoms with Crippen molar-refractivity contribution in [2.24, 2.45) is 0 Å². The third kappa shape index (κ3) is 4.21. The van der Waals surface area contributed by atoms with Crippen molar-refractivity contribution in [2.45, 2.75) is 49.6 Å². The van der Waals surface area contributed by atoms with E-state index in [-0.39, 0.29) is 12.1 Å². The van der Waals surface area contributed by atoms with E-state index in [4.69, 9.17) is 0 Å². The van der Waals surface area contributed by atoms with E-state index in [9.17, 15) is 8.42 Å². The Bertz CT molecular complexity index is 1060. The molecule has 0 unspecified atom stereocenters. The zero-order chi connectivity index (χ0) is 19.6. The van der Waals surface area contributed by atoms with Crippen molar-refractivity contribution in [3.63, 3.8) is 0 Å². The van der Waals surface area contributed by atoms with Crippen LogP contribution in [0.15, 0.2) is 71.6 Å². The van der Waals surface area contributed by atoms with E-state index in [0.29, 0.717) is 4.90 Å². The summed E-state index contributed by atoms with van der Waals surface area (Å²) in [5.41, 5.74) is 2.08. The number of hydrogen-bond donors (Lipinski definition) is 2. The smallest absolute Gasteiger partial charge is 0.240 e. The van der Waals surface area contributed by atoms with Crippen LogP contribution in [0.2, 0.25) is 0 Å². The fourth-order valence-electron chi connectivity index (χ4n) is 3.92. The first-order valence-corrected chi connectivity index (χ1v) is 11.3. The van der Waals surface area contributed by atoms with Crippen molar-refractivity contribution in [1.82, 2.24) is 4.72 Å². The molecule has 0 saturated heterocycles. The fraction of sp³-hybridized carbons (Fsp3) is 0.304. The van der Waals surface area contributed by atoms with Gasteiger partial charge < -0.3 is 5.32 Å². The van der Waals surface area contributed by atoms with Gasteiger partial charge in [-0.05, 0) is 54.8 Å². The molecular formula is C23H26N2O2S. The molecule has 4 rings (SSSR count). The van der Waals surface area contributed by atoms with Crippen LogP contribution in [0.1, 0.15) is 31.2 Å². The number of hydrogen-bond acceptors (Lipinski definition) is 3. The van der Waals surface area contributed by atoms with E-state index >= 15 is 0 Å². The first kappa shape index (κ1) is 19.0. The van der Waals surface area contributed by atoms with Crippen molar-refractivity contribution in [1.29, 1.82) is 0 Å². The second-order valence-electron chi connectivity index (χ2n) is 7.64. The van der Waals surface area contributed by atoms with Crippen LogP contribution in [0.4, 0.5) is 5.69 Å². The summed E-state index contributed by atoms with van der Waals surface area (Å²) in [6.07, 6.45) is 3.94. The maximum absolute atomic E-state index is 12.8. The number of anilines is 1. The molecule has 4 nitrogen and oxygen atoms in total. The van der Waals surface area contributed by atoms with E-state index < -0.39 is 10.0 Å². The third-order valence-electron chi connectivity index (χ3n) is 5.51. The second kappa shape index (κ2) is 7.94. The van der Waals surface area contributed by atoms with Crippen molar-refractivity contribution >= 4 is 26.5 Å². The molecule has 0 aromatic heterocycles. The van der Waals surface area contributed by atoms with Gasteiger partial charge in [-0.3, -0.25) is 0 Å². The van der Waals surface area contributed by atoms with Crippen molar-refractivity contribution in [3.05, 3.63) is 72.3 Å². The van der Waals surface area contributed by atoms with Gasteiger partial charge in [-0.2, -0.15) is 0 Å². The zero-order valence-corrected chi connectivity index (χ0v) is 16.9. The Labute approximate surface area is 167 Å². The van der Waals surface area contributed by atoms with Gasteiger partial charge in [0.15, 0.2) is 0 Å². The molecule has 0 spiro atoms. The summed E-state index contributed by atoms with van der Waals surface area (Å²) in [5.74, 6) is 0. The molecule has 0 bridgehead atoms. The summed E-state index contributed by atoms with van der Waals surface area (Å²) < 4.78 is 28.6. The van der Waals surface area contributed by atoms with E-state index in [2.05, 4.69) is 40.4 Å². The maximum Gasteiger partial charge on any atom is 0.240 e. The molecular weight excluding hydrogens is 368 g/mol. The van der Waals surface area contributed by atoms with Crippen LogP contribution in [0, 0.1) is 6.92 Å². The van der Waals surface area contributed by atoms with Gasteiger partial charge in [0, 0.05) is 17.8 Å². The molecule has 0 amide bonds. The Balaban J connectivity index is 1.53. The Hall–Kier alpha value is -2.37. The highest BCUT2D eigenvalue weighted by molar-refractivity contribution is 7.89. The van der Waals surface area contributed by atoms with E-state index in [1.54, 1.807) is 12.1 Å². The summed E-state index contributed by atoms with van der Waals surface area (Å²) in [6.45, 7) is 1.95. The number of nitrogens with one attached hydrogen (secondary N) is 2. The predicted molar refractivity (Wildman–Crippen MR) is 115 cm³/mol. The largest absolute Gasteiger partial charge is 0.381 e. The molecule has 2 N–H and O–H groups in total. The second-order valence-corrected chi connectivity index (χ2v) is 9.35. The van der Waals surface area contributed by atoms with Crippen molar-refractivity contribution in [3.8, 4) is 0 Å². The Kier molecular flexibility index (Phi) is 5.38. The van der Waals surface area contributed by atoms with Gasteiger partial charge in [0.1, 0.15) is 0 Å².